The Morgan fingerprint density at radius 1 is 1.35 bits per heavy atom. The molecular weight excluding hydrogens is 252 g/mol. The standard InChI is InChI=1S/C16H20N2O2/c1-12(2)18(9-4-10-19)16(20)14-6-7-15-13(11-14)5-3-8-17-15/h3,5-8,11-12,19H,4,9-10H2,1-2H3. The van der Waals surface area contributed by atoms with Gasteiger partial charge in [0.15, 0.2) is 0 Å². The van der Waals surface area contributed by atoms with Crippen molar-refractivity contribution in [3.63, 3.8) is 0 Å². The van der Waals surface area contributed by atoms with Crippen LogP contribution in [0.4, 0.5) is 0 Å². The van der Waals surface area contributed by atoms with Crippen LogP contribution >= 0.6 is 0 Å². The van der Waals surface area contributed by atoms with E-state index in [2.05, 4.69) is 4.98 Å². The van der Waals surface area contributed by atoms with E-state index in [1.54, 1.807) is 11.1 Å². The van der Waals surface area contributed by atoms with Crippen LogP contribution in [0, 0.1) is 0 Å². The second kappa shape index (κ2) is 6.48. The van der Waals surface area contributed by atoms with Gasteiger partial charge in [-0.15, -0.1) is 0 Å². The fourth-order valence-corrected chi connectivity index (χ4v) is 2.21. The van der Waals surface area contributed by atoms with Gasteiger partial charge in [0, 0.05) is 36.3 Å². The second-order valence-electron chi connectivity index (χ2n) is 5.08. The molecule has 2 rings (SSSR count). The van der Waals surface area contributed by atoms with Crippen LogP contribution in [-0.2, 0) is 0 Å². The summed E-state index contributed by atoms with van der Waals surface area (Å²) in [6, 6.07) is 9.48. The molecule has 1 aromatic carbocycles. The number of benzene rings is 1. The largest absolute Gasteiger partial charge is 0.396 e. The third kappa shape index (κ3) is 3.14. The van der Waals surface area contributed by atoms with Crippen molar-refractivity contribution < 1.29 is 9.90 Å². The molecular formula is C16H20N2O2. The SMILES string of the molecule is CC(C)N(CCCO)C(=O)c1ccc2ncccc2c1. The summed E-state index contributed by atoms with van der Waals surface area (Å²) < 4.78 is 0. The average Bonchev–Trinajstić information content (AvgIpc) is 2.46. The monoisotopic (exact) mass is 272 g/mol. The van der Waals surface area contributed by atoms with E-state index in [1.165, 1.54) is 0 Å². The van der Waals surface area contributed by atoms with Crippen LogP contribution in [0.1, 0.15) is 30.6 Å². The fraction of sp³-hybridized carbons (Fsp3) is 0.375. The number of hydrogen-bond donors (Lipinski definition) is 1. The van der Waals surface area contributed by atoms with E-state index >= 15 is 0 Å². The minimum Gasteiger partial charge on any atom is -0.396 e. The van der Waals surface area contributed by atoms with E-state index in [1.807, 2.05) is 44.2 Å². The molecule has 0 unspecified atom stereocenters. The van der Waals surface area contributed by atoms with Crippen molar-refractivity contribution in [2.24, 2.45) is 0 Å². The first-order valence-corrected chi connectivity index (χ1v) is 6.90. The summed E-state index contributed by atoms with van der Waals surface area (Å²) in [5.74, 6) is -0.000738. The maximum Gasteiger partial charge on any atom is 0.254 e. The van der Waals surface area contributed by atoms with Crippen LogP contribution in [-0.4, -0.2) is 40.1 Å². The van der Waals surface area contributed by atoms with E-state index in [0.717, 1.165) is 10.9 Å². The molecule has 1 amide bonds. The van der Waals surface area contributed by atoms with Gasteiger partial charge in [0.2, 0.25) is 0 Å². The lowest BCUT2D eigenvalue weighted by Crippen LogP contribution is -2.38. The molecule has 0 aliphatic heterocycles. The van der Waals surface area contributed by atoms with Crippen LogP contribution in [0.25, 0.3) is 10.9 Å². The van der Waals surface area contributed by atoms with Gasteiger partial charge < -0.3 is 10.0 Å². The maximum absolute atomic E-state index is 12.6. The van der Waals surface area contributed by atoms with E-state index in [0.29, 0.717) is 18.5 Å². The van der Waals surface area contributed by atoms with Crippen molar-refractivity contribution in [3.05, 3.63) is 42.1 Å². The number of pyridine rings is 1. The Kier molecular flexibility index (Phi) is 4.69. The van der Waals surface area contributed by atoms with Crippen LogP contribution < -0.4 is 0 Å². The Hall–Kier alpha value is -1.94. The number of fused-ring (bicyclic) bond motifs is 1. The van der Waals surface area contributed by atoms with Gasteiger partial charge in [0.1, 0.15) is 0 Å². The first kappa shape index (κ1) is 14.5. The summed E-state index contributed by atoms with van der Waals surface area (Å²) >= 11 is 0. The van der Waals surface area contributed by atoms with Gasteiger partial charge in [-0.1, -0.05) is 6.07 Å². The van der Waals surface area contributed by atoms with Crippen molar-refractivity contribution in [1.82, 2.24) is 9.88 Å². The maximum atomic E-state index is 12.6. The third-order valence-corrected chi connectivity index (χ3v) is 3.29. The highest BCUT2D eigenvalue weighted by atomic mass is 16.3. The minimum atomic E-state index is -0.000738. The first-order chi connectivity index (χ1) is 9.63. The van der Waals surface area contributed by atoms with Crippen molar-refractivity contribution in [2.75, 3.05) is 13.2 Å². The summed E-state index contributed by atoms with van der Waals surface area (Å²) in [6.45, 7) is 4.63. The summed E-state index contributed by atoms with van der Waals surface area (Å²) in [6.07, 6.45) is 2.34. The van der Waals surface area contributed by atoms with Crippen molar-refractivity contribution in [2.45, 2.75) is 26.3 Å². The Morgan fingerprint density at radius 2 is 2.15 bits per heavy atom. The smallest absolute Gasteiger partial charge is 0.254 e. The lowest BCUT2D eigenvalue weighted by Gasteiger charge is -2.26. The number of carbonyl (C=O) groups excluding carboxylic acids is 1. The highest BCUT2D eigenvalue weighted by Crippen LogP contribution is 2.16. The Labute approximate surface area is 119 Å². The molecule has 1 N–H and O–H groups in total. The highest BCUT2D eigenvalue weighted by Gasteiger charge is 2.18. The number of carbonyl (C=O) groups is 1. The van der Waals surface area contributed by atoms with Crippen molar-refractivity contribution >= 4 is 16.8 Å². The normalized spacial score (nSPS) is 11.0. The lowest BCUT2D eigenvalue weighted by atomic mass is 10.1. The molecule has 0 saturated heterocycles. The summed E-state index contributed by atoms with van der Waals surface area (Å²) in [5, 5.41) is 9.91. The molecule has 0 spiro atoms. The zero-order valence-corrected chi connectivity index (χ0v) is 11.9. The molecule has 0 aliphatic rings. The molecule has 106 valence electrons. The summed E-state index contributed by atoms with van der Waals surface area (Å²) in [4.78, 5) is 18.6. The van der Waals surface area contributed by atoms with Gasteiger partial charge in [0.05, 0.1) is 5.52 Å². The van der Waals surface area contributed by atoms with Gasteiger partial charge in [-0.25, -0.2) is 0 Å². The van der Waals surface area contributed by atoms with Crippen LogP contribution in [0.3, 0.4) is 0 Å². The number of nitrogens with zero attached hydrogens (tertiary/aromatic N) is 2. The average molecular weight is 272 g/mol. The first-order valence-electron chi connectivity index (χ1n) is 6.90. The lowest BCUT2D eigenvalue weighted by molar-refractivity contribution is 0.0693. The van der Waals surface area contributed by atoms with Crippen LogP contribution in [0.5, 0.6) is 0 Å². The fourth-order valence-electron chi connectivity index (χ4n) is 2.21. The van der Waals surface area contributed by atoms with E-state index in [9.17, 15) is 4.79 Å². The number of hydrogen-bond acceptors (Lipinski definition) is 3. The highest BCUT2D eigenvalue weighted by molar-refractivity contribution is 5.98. The zero-order valence-electron chi connectivity index (χ0n) is 11.9. The topological polar surface area (TPSA) is 53.4 Å². The van der Waals surface area contributed by atoms with Crippen molar-refractivity contribution in [1.29, 1.82) is 0 Å². The molecule has 1 aromatic heterocycles. The summed E-state index contributed by atoms with van der Waals surface area (Å²) in [5.41, 5.74) is 1.55. The van der Waals surface area contributed by atoms with Gasteiger partial charge in [-0.2, -0.15) is 0 Å². The molecule has 0 atom stereocenters. The van der Waals surface area contributed by atoms with Crippen LogP contribution in [0.2, 0.25) is 0 Å². The molecule has 4 nitrogen and oxygen atoms in total. The molecule has 2 aromatic rings. The quantitative estimate of drug-likeness (QED) is 0.909. The Balaban J connectivity index is 2.28. The molecule has 0 saturated carbocycles. The Bertz CT molecular complexity index is 596. The molecule has 1 heterocycles. The van der Waals surface area contributed by atoms with E-state index < -0.39 is 0 Å². The zero-order chi connectivity index (χ0) is 14.5. The number of aromatic nitrogens is 1. The predicted molar refractivity (Wildman–Crippen MR) is 79.6 cm³/mol. The molecule has 0 bridgehead atoms. The molecule has 4 heteroatoms. The molecule has 0 fully saturated rings. The Morgan fingerprint density at radius 3 is 2.85 bits per heavy atom. The molecule has 0 aliphatic carbocycles. The third-order valence-electron chi connectivity index (χ3n) is 3.29. The van der Waals surface area contributed by atoms with Gasteiger partial charge in [-0.3, -0.25) is 9.78 Å². The number of aliphatic hydroxyl groups excluding tert-OH is 1. The van der Waals surface area contributed by atoms with Gasteiger partial charge >= 0.3 is 0 Å². The van der Waals surface area contributed by atoms with Gasteiger partial charge in [-0.05, 0) is 44.5 Å². The minimum absolute atomic E-state index is 0.000738. The van der Waals surface area contributed by atoms with E-state index in [4.69, 9.17) is 5.11 Å². The molecule has 20 heavy (non-hydrogen) atoms. The summed E-state index contributed by atoms with van der Waals surface area (Å²) in [7, 11) is 0. The molecule has 0 radical (unpaired) electrons. The van der Waals surface area contributed by atoms with Gasteiger partial charge in [0.25, 0.3) is 5.91 Å². The second-order valence-corrected chi connectivity index (χ2v) is 5.08. The van der Waals surface area contributed by atoms with Crippen molar-refractivity contribution in [3.8, 4) is 0 Å². The van der Waals surface area contributed by atoms with Crippen LogP contribution in [0.15, 0.2) is 36.5 Å². The number of amides is 1. The predicted octanol–water partition coefficient (Wildman–Crippen LogP) is 2.47. The number of rotatable bonds is 5. The number of aliphatic hydroxyl groups is 1. The van der Waals surface area contributed by atoms with E-state index in [-0.39, 0.29) is 18.6 Å².